The summed E-state index contributed by atoms with van der Waals surface area (Å²) in [5.74, 6) is -0.972. The molecule has 0 aromatic carbocycles. The van der Waals surface area contributed by atoms with Crippen LogP contribution in [-0.2, 0) is 4.74 Å². The third-order valence-electron chi connectivity index (χ3n) is 2.13. The summed E-state index contributed by atoms with van der Waals surface area (Å²) in [5, 5.41) is 6.48. The zero-order valence-electron chi connectivity index (χ0n) is 9.99. The molecule has 7 nitrogen and oxygen atoms in total. The van der Waals surface area contributed by atoms with Crippen LogP contribution < -0.4 is 5.32 Å². The fraction of sp³-hybridized carbons (Fsp3) is 0.182. The molecule has 0 saturated heterocycles. The van der Waals surface area contributed by atoms with E-state index in [1.165, 1.54) is 12.4 Å². The molecule has 0 aliphatic heterocycles. The lowest BCUT2D eigenvalue weighted by atomic mass is 10.2. The van der Waals surface area contributed by atoms with Gasteiger partial charge >= 0.3 is 5.97 Å². The molecule has 2 heterocycles. The van der Waals surface area contributed by atoms with Crippen LogP contribution in [0.2, 0.25) is 0 Å². The lowest BCUT2D eigenvalue weighted by Crippen LogP contribution is -2.14. The topological polar surface area (TPSA) is 94.1 Å². The van der Waals surface area contributed by atoms with Crippen molar-refractivity contribution in [2.75, 3.05) is 11.9 Å². The zero-order valence-corrected chi connectivity index (χ0v) is 10.8. The number of aromatic nitrogens is 3. The number of amides is 1. The standard InChI is InChI=1S/C11H10N4O3S/c1-2-18-11(17)8-10(19-15-14-8)13-9(16)7-3-5-12-6-4-7/h3-6H,2H2,1H3,(H,13,16). The predicted molar refractivity (Wildman–Crippen MR) is 68.1 cm³/mol. The summed E-state index contributed by atoms with van der Waals surface area (Å²) in [4.78, 5) is 27.3. The van der Waals surface area contributed by atoms with Crippen LogP contribution >= 0.6 is 11.5 Å². The summed E-state index contributed by atoms with van der Waals surface area (Å²) in [6.07, 6.45) is 3.01. The molecular weight excluding hydrogens is 268 g/mol. The first-order chi connectivity index (χ1) is 9.22. The predicted octanol–water partition coefficient (Wildman–Crippen LogP) is 1.36. The van der Waals surface area contributed by atoms with Gasteiger partial charge in [0, 0.05) is 29.5 Å². The Hall–Kier alpha value is -2.35. The normalized spacial score (nSPS) is 9.95. The molecule has 19 heavy (non-hydrogen) atoms. The van der Waals surface area contributed by atoms with E-state index in [1.807, 2.05) is 0 Å². The molecule has 1 amide bonds. The number of carbonyl (C=O) groups excluding carboxylic acids is 2. The van der Waals surface area contributed by atoms with Crippen LogP contribution in [0.15, 0.2) is 24.5 Å². The van der Waals surface area contributed by atoms with Crippen molar-refractivity contribution in [2.24, 2.45) is 0 Å². The van der Waals surface area contributed by atoms with E-state index < -0.39 is 5.97 Å². The third-order valence-corrected chi connectivity index (χ3v) is 2.77. The third kappa shape index (κ3) is 3.10. The highest BCUT2D eigenvalue weighted by Gasteiger charge is 2.19. The molecule has 98 valence electrons. The van der Waals surface area contributed by atoms with Gasteiger partial charge in [0.1, 0.15) is 0 Å². The second-order valence-electron chi connectivity index (χ2n) is 3.36. The van der Waals surface area contributed by atoms with Crippen LogP contribution in [0.25, 0.3) is 0 Å². The number of esters is 1. The first-order valence-electron chi connectivity index (χ1n) is 5.43. The van der Waals surface area contributed by atoms with Gasteiger partial charge < -0.3 is 10.1 Å². The Balaban J connectivity index is 2.14. The lowest BCUT2D eigenvalue weighted by molar-refractivity contribution is 0.0520. The van der Waals surface area contributed by atoms with Crippen LogP contribution in [0.1, 0.15) is 27.8 Å². The molecule has 0 bridgehead atoms. The lowest BCUT2D eigenvalue weighted by Gasteiger charge is -2.03. The van der Waals surface area contributed by atoms with Crippen molar-refractivity contribution in [1.82, 2.24) is 14.6 Å². The summed E-state index contributed by atoms with van der Waals surface area (Å²) >= 11 is 0.917. The Morgan fingerprint density at radius 1 is 1.37 bits per heavy atom. The van der Waals surface area contributed by atoms with Gasteiger partial charge in [-0.3, -0.25) is 9.78 Å². The van der Waals surface area contributed by atoms with Gasteiger partial charge in [0.15, 0.2) is 5.00 Å². The Labute approximate surface area is 112 Å². The van der Waals surface area contributed by atoms with Crippen LogP contribution in [0, 0.1) is 0 Å². The summed E-state index contributed by atoms with van der Waals surface area (Å²) in [7, 11) is 0. The van der Waals surface area contributed by atoms with Crippen LogP contribution in [0.3, 0.4) is 0 Å². The highest BCUT2D eigenvalue weighted by molar-refractivity contribution is 7.10. The van der Waals surface area contributed by atoms with Gasteiger partial charge in [-0.25, -0.2) is 4.79 Å². The number of carbonyl (C=O) groups is 2. The molecule has 1 N–H and O–H groups in total. The van der Waals surface area contributed by atoms with E-state index in [2.05, 4.69) is 19.9 Å². The second kappa shape index (κ2) is 6.01. The molecular formula is C11H10N4O3S. The quantitative estimate of drug-likeness (QED) is 0.849. The molecule has 0 atom stereocenters. The minimum Gasteiger partial charge on any atom is -0.461 e. The molecule has 0 radical (unpaired) electrons. The molecule has 2 rings (SSSR count). The van der Waals surface area contributed by atoms with Gasteiger partial charge in [-0.15, -0.1) is 5.10 Å². The fourth-order valence-corrected chi connectivity index (χ4v) is 1.84. The summed E-state index contributed by atoms with van der Waals surface area (Å²) in [6, 6.07) is 3.13. The largest absolute Gasteiger partial charge is 0.461 e. The van der Waals surface area contributed by atoms with Crippen molar-refractivity contribution in [3.63, 3.8) is 0 Å². The molecule has 0 aliphatic carbocycles. The Morgan fingerprint density at radius 3 is 2.79 bits per heavy atom. The molecule has 0 spiro atoms. The number of nitrogens with one attached hydrogen (secondary N) is 1. The second-order valence-corrected chi connectivity index (χ2v) is 4.12. The van der Waals surface area contributed by atoms with Crippen LogP contribution in [0.5, 0.6) is 0 Å². The average Bonchev–Trinajstić information content (AvgIpc) is 2.88. The average molecular weight is 278 g/mol. The zero-order chi connectivity index (χ0) is 13.7. The first-order valence-corrected chi connectivity index (χ1v) is 6.20. The maximum Gasteiger partial charge on any atom is 0.362 e. The van der Waals surface area contributed by atoms with Crippen molar-refractivity contribution in [3.05, 3.63) is 35.8 Å². The molecule has 8 heteroatoms. The molecule has 2 aromatic heterocycles. The molecule has 0 unspecified atom stereocenters. The SMILES string of the molecule is CCOC(=O)c1nnsc1NC(=O)c1ccncc1. The number of hydrogen-bond acceptors (Lipinski definition) is 7. The van der Waals surface area contributed by atoms with Crippen LogP contribution in [0.4, 0.5) is 5.00 Å². The smallest absolute Gasteiger partial charge is 0.362 e. The summed E-state index contributed by atoms with van der Waals surface area (Å²) in [5.41, 5.74) is 0.437. The van der Waals surface area contributed by atoms with E-state index in [9.17, 15) is 9.59 Å². The fourth-order valence-electron chi connectivity index (χ4n) is 1.28. The number of rotatable bonds is 4. The van der Waals surface area contributed by atoms with Gasteiger partial charge in [-0.05, 0) is 19.1 Å². The molecule has 0 aliphatic rings. The van der Waals surface area contributed by atoms with E-state index in [-0.39, 0.29) is 23.2 Å². The minimum atomic E-state index is -0.610. The van der Waals surface area contributed by atoms with Crippen molar-refractivity contribution in [1.29, 1.82) is 0 Å². The van der Waals surface area contributed by atoms with Crippen molar-refractivity contribution in [3.8, 4) is 0 Å². The van der Waals surface area contributed by atoms with Gasteiger partial charge in [-0.2, -0.15) is 0 Å². The molecule has 2 aromatic rings. The monoisotopic (exact) mass is 278 g/mol. The number of pyridine rings is 1. The Bertz CT molecular complexity index is 585. The number of anilines is 1. The Kier molecular flexibility index (Phi) is 4.14. The first kappa shape index (κ1) is 13.1. The van der Waals surface area contributed by atoms with Crippen LogP contribution in [-0.4, -0.2) is 33.1 Å². The maximum atomic E-state index is 11.9. The van der Waals surface area contributed by atoms with E-state index in [0.29, 0.717) is 5.56 Å². The van der Waals surface area contributed by atoms with Crippen molar-refractivity contribution < 1.29 is 14.3 Å². The van der Waals surface area contributed by atoms with E-state index in [4.69, 9.17) is 4.74 Å². The van der Waals surface area contributed by atoms with Crippen molar-refractivity contribution >= 4 is 28.4 Å². The maximum absolute atomic E-state index is 11.9. The van der Waals surface area contributed by atoms with E-state index >= 15 is 0 Å². The molecule has 0 fully saturated rings. The van der Waals surface area contributed by atoms with Crippen molar-refractivity contribution in [2.45, 2.75) is 6.92 Å². The summed E-state index contributed by atoms with van der Waals surface area (Å²) < 4.78 is 8.45. The highest BCUT2D eigenvalue weighted by atomic mass is 32.1. The van der Waals surface area contributed by atoms with Gasteiger partial charge in [-0.1, -0.05) is 4.49 Å². The van der Waals surface area contributed by atoms with Gasteiger partial charge in [0.25, 0.3) is 5.91 Å². The number of ether oxygens (including phenoxy) is 1. The van der Waals surface area contributed by atoms with Gasteiger partial charge in [0.2, 0.25) is 5.69 Å². The van der Waals surface area contributed by atoms with E-state index in [0.717, 1.165) is 11.5 Å². The number of nitrogens with zero attached hydrogens (tertiary/aromatic N) is 3. The molecule has 0 saturated carbocycles. The Morgan fingerprint density at radius 2 is 2.11 bits per heavy atom. The highest BCUT2D eigenvalue weighted by Crippen LogP contribution is 2.19. The minimum absolute atomic E-state index is 0.00857. The summed E-state index contributed by atoms with van der Waals surface area (Å²) in [6.45, 7) is 1.92. The van der Waals surface area contributed by atoms with Gasteiger partial charge in [0.05, 0.1) is 6.61 Å². The van der Waals surface area contributed by atoms with E-state index in [1.54, 1.807) is 19.1 Å². The number of hydrogen-bond donors (Lipinski definition) is 1.